The van der Waals surface area contributed by atoms with Gasteiger partial charge in [-0.15, -0.1) is 0 Å². The van der Waals surface area contributed by atoms with Gasteiger partial charge >= 0.3 is 0 Å². The first kappa shape index (κ1) is 21.8. The van der Waals surface area contributed by atoms with Crippen molar-refractivity contribution in [2.75, 3.05) is 11.6 Å². The molecule has 0 spiro atoms. The molecule has 0 unspecified atom stereocenters. The van der Waals surface area contributed by atoms with Gasteiger partial charge in [0.1, 0.15) is 11.3 Å². The van der Waals surface area contributed by atoms with E-state index in [2.05, 4.69) is 9.99 Å². The van der Waals surface area contributed by atoms with Crippen LogP contribution in [0.15, 0.2) is 90.6 Å². The normalized spacial score (nSPS) is 14.7. The molecule has 0 aliphatic carbocycles. The number of fused-ring (bicyclic) bond motifs is 1. The molecule has 0 radical (unpaired) electrons. The van der Waals surface area contributed by atoms with Crippen LogP contribution < -0.4 is 15.2 Å². The van der Waals surface area contributed by atoms with Crippen LogP contribution in [0.5, 0.6) is 5.75 Å². The minimum absolute atomic E-state index is 0.109. The van der Waals surface area contributed by atoms with Gasteiger partial charge in [-0.25, -0.2) is 5.01 Å². The molecule has 170 valence electrons. The molecule has 1 aromatic heterocycles. The van der Waals surface area contributed by atoms with Gasteiger partial charge in [-0.1, -0.05) is 48.0 Å². The van der Waals surface area contributed by atoms with Crippen LogP contribution in [0.4, 0.5) is 5.69 Å². The molecule has 1 fully saturated rings. The fourth-order valence-corrected chi connectivity index (χ4v) is 4.13. The average Bonchev–Trinajstić information content (AvgIpc) is 3.36. The lowest BCUT2D eigenvalue weighted by atomic mass is 10.1. The Bertz CT molecular complexity index is 1380. The van der Waals surface area contributed by atoms with E-state index in [1.807, 2.05) is 60.8 Å². The number of anilines is 1. The average molecular weight is 472 g/mol. The van der Waals surface area contributed by atoms with E-state index in [-0.39, 0.29) is 11.5 Å². The minimum atomic E-state index is -0.415. The molecule has 0 atom stereocenters. The number of para-hydroxylation sites is 2. The predicted octanol–water partition coefficient (Wildman–Crippen LogP) is 5.23. The van der Waals surface area contributed by atoms with Crippen LogP contribution in [0.2, 0.25) is 5.02 Å². The number of aromatic nitrogens is 1. The number of hydrogen-bond acceptors (Lipinski definition) is 3. The largest absolute Gasteiger partial charge is 0.494 e. The van der Waals surface area contributed by atoms with Crippen molar-refractivity contribution < 1.29 is 14.3 Å². The Morgan fingerprint density at radius 2 is 1.65 bits per heavy atom. The van der Waals surface area contributed by atoms with Crippen molar-refractivity contribution in [2.45, 2.75) is 13.0 Å². The third kappa shape index (κ3) is 4.40. The van der Waals surface area contributed by atoms with E-state index in [4.69, 9.17) is 16.3 Å². The smallest absolute Gasteiger partial charge is 0.282 e. The zero-order valence-electron chi connectivity index (χ0n) is 18.3. The van der Waals surface area contributed by atoms with Crippen molar-refractivity contribution in [1.29, 1.82) is 0 Å². The van der Waals surface area contributed by atoms with Crippen LogP contribution in [-0.2, 0) is 16.1 Å². The Labute approximate surface area is 202 Å². The summed E-state index contributed by atoms with van der Waals surface area (Å²) in [6.45, 7) is 1.28. The van der Waals surface area contributed by atoms with Crippen LogP contribution in [0, 0.1) is 0 Å². The standard InChI is InChI=1S/C27H22ClN3O3/c28-20-11-13-22(14-12-20)34-16-6-15-30-18-19(23-9-4-5-10-25(23)30)17-24-26(32)29-31(27(24)33)21-7-2-1-3-8-21/h1-5,7-14,17-18H,6,15-16H2,(H,29,32). The number of nitrogens with zero attached hydrogens (tertiary/aromatic N) is 2. The molecule has 0 bridgehead atoms. The maximum atomic E-state index is 13.0. The highest BCUT2D eigenvalue weighted by Crippen LogP contribution is 2.27. The lowest BCUT2D eigenvalue weighted by Gasteiger charge is -2.13. The van der Waals surface area contributed by atoms with Gasteiger partial charge in [-0.2, -0.15) is 0 Å². The fraction of sp³-hybridized carbons (Fsp3) is 0.111. The number of rotatable bonds is 7. The summed E-state index contributed by atoms with van der Waals surface area (Å²) >= 11 is 5.92. The Hall–Kier alpha value is -4.03. The van der Waals surface area contributed by atoms with E-state index in [9.17, 15) is 9.59 Å². The van der Waals surface area contributed by atoms with Gasteiger partial charge < -0.3 is 9.30 Å². The molecule has 1 aliphatic heterocycles. The minimum Gasteiger partial charge on any atom is -0.494 e. The van der Waals surface area contributed by atoms with Gasteiger partial charge in [0, 0.05) is 34.2 Å². The number of amides is 2. The highest BCUT2D eigenvalue weighted by Gasteiger charge is 2.34. The second-order valence-corrected chi connectivity index (χ2v) is 8.36. The number of aryl methyl sites for hydroxylation is 1. The van der Waals surface area contributed by atoms with Crippen molar-refractivity contribution in [3.8, 4) is 5.75 Å². The first-order valence-electron chi connectivity index (χ1n) is 11.0. The van der Waals surface area contributed by atoms with E-state index in [0.29, 0.717) is 17.3 Å². The number of benzene rings is 3. The Kier molecular flexibility index (Phi) is 6.06. The van der Waals surface area contributed by atoms with Crippen LogP contribution >= 0.6 is 11.6 Å². The first-order valence-corrected chi connectivity index (χ1v) is 11.4. The fourth-order valence-electron chi connectivity index (χ4n) is 4.00. The van der Waals surface area contributed by atoms with Crippen molar-refractivity contribution >= 4 is 46.1 Å². The van der Waals surface area contributed by atoms with E-state index in [1.54, 1.807) is 30.3 Å². The molecular weight excluding hydrogens is 450 g/mol. The summed E-state index contributed by atoms with van der Waals surface area (Å²) in [6.07, 6.45) is 4.44. The molecule has 7 heteroatoms. The highest BCUT2D eigenvalue weighted by molar-refractivity contribution is 6.32. The van der Waals surface area contributed by atoms with Gasteiger partial charge in [-0.05, 0) is 55.0 Å². The molecule has 4 aromatic rings. The summed E-state index contributed by atoms with van der Waals surface area (Å²) in [5.74, 6) is -0.00707. The monoisotopic (exact) mass is 471 g/mol. The zero-order valence-corrected chi connectivity index (χ0v) is 19.0. The van der Waals surface area contributed by atoms with E-state index < -0.39 is 5.91 Å². The molecule has 34 heavy (non-hydrogen) atoms. The molecule has 6 nitrogen and oxygen atoms in total. The van der Waals surface area contributed by atoms with Gasteiger partial charge in [0.2, 0.25) is 0 Å². The summed E-state index contributed by atoms with van der Waals surface area (Å²) in [5, 5.41) is 2.93. The molecule has 0 saturated carbocycles. The summed E-state index contributed by atoms with van der Waals surface area (Å²) in [6, 6.07) is 24.3. The molecule has 2 amide bonds. The Morgan fingerprint density at radius 1 is 0.912 bits per heavy atom. The maximum Gasteiger partial charge on any atom is 0.282 e. The van der Waals surface area contributed by atoms with Crippen LogP contribution in [-0.4, -0.2) is 23.0 Å². The predicted molar refractivity (Wildman–Crippen MR) is 134 cm³/mol. The van der Waals surface area contributed by atoms with Gasteiger partial charge in [0.05, 0.1) is 12.3 Å². The summed E-state index contributed by atoms with van der Waals surface area (Å²) in [5.41, 5.74) is 5.23. The molecule has 3 aromatic carbocycles. The lowest BCUT2D eigenvalue weighted by Crippen LogP contribution is -2.35. The SMILES string of the molecule is O=C1NN(c2ccccc2)C(=O)C1=Cc1cn(CCCOc2ccc(Cl)cc2)c2ccccc12. The van der Waals surface area contributed by atoms with Crippen LogP contribution in [0.25, 0.3) is 17.0 Å². The number of nitrogens with one attached hydrogen (secondary N) is 1. The zero-order chi connectivity index (χ0) is 23.5. The second-order valence-electron chi connectivity index (χ2n) is 7.93. The number of ether oxygens (including phenoxy) is 1. The third-order valence-corrected chi connectivity index (χ3v) is 5.90. The second kappa shape index (κ2) is 9.45. The topological polar surface area (TPSA) is 63.6 Å². The van der Waals surface area contributed by atoms with Gasteiger partial charge in [-0.3, -0.25) is 15.0 Å². The van der Waals surface area contributed by atoms with Crippen LogP contribution in [0.1, 0.15) is 12.0 Å². The molecule has 1 N–H and O–H groups in total. The van der Waals surface area contributed by atoms with Crippen molar-refractivity contribution in [3.05, 3.63) is 101 Å². The van der Waals surface area contributed by atoms with Crippen molar-refractivity contribution in [3.63, 3.8) is 0 Å². The summed E-state index contributed by atoms with van der Waals surface area (Å²) < 4.78 is 7.93. The number of halogens is 1. The van der Waals surface area contributed by atoms with Crippen molar-refractivity contribution in [1.82, 2.24) is 9.99 Å². The number of hydrazine groups is 1. The molecular formula is C27H22ClN3O3. The third-order valence-electron chi connectivity index (χ3n) is 5.65. The van der Waals surface area contributed by atoms with Crippen molar-refractivity contribution in [2.24, 2.45) is 0 Å². The quantitative estimate of drug-likeness (QED) is 0.228. The first-order chi connectivity index (χ1) is 16.6. The summed E-state index contributed by atoms with van der Waals surface area (Å²) in [7, 11) is 0. The highest BCUT2D eigenvalue weighted by atomic mass is 35.5. The van der Waals surface area contributed by atoms with E-state index >= 15 is 0 Å². The van der Waals surface area contributed by atoms with E-state index in [1.165, 1.54) is 5.01 Å². The maximum absolute atomic E-state index is 13.0. The van der Waals surface area contributed by atoms with Crippen LogP contribution in [0.3, 0.4) is 0 Å². The van der Waals surface area contributed by atoms with Gasteiger partial charge in [0.25, 0.3) is 11.8 Å². The molecule has 1 aliphatic rings. The summed E-state index contributed by atoms with van der Waals surface area (Å²) in [4.78, 5) is 25.6. The molecule has 5 rings (SSSR count). The number of carbonyl (C=O) groups excluding carboxylic acids is 2. The number of carbonyl (C=O) groups is 2. The number of hydrogen-bond donors (Lipinski definition) is 1. The molecule has 2 heterocycles. The lowest BCUT2D eigenvalue weighted by molar-refractivity contribution is -0.117. The van der Waals surface area contributed by atoms with E-state index in [0.717, 1.165) is 35.2 Å². The van der Waals surface area contributed by atoms with Gasteiger partial charge in [0.15, 0.2) is 0 Å². The Balaban J connectivity index is 1.35. The Morgan fingerprint density at radius 3 is 2.44 bits per heavy atom. The molecule has 1 saturated heterocycles.